The molecule has 0 aromatic heterocycles. The van der Waals surface area contributed by atoms with E-state index < -0.39 is 0 Å². The highest BCUT2D eigenvalue weighted by Crippen LogP contribution is 2.17. The minimum Gasteiger partial charge on any atom is -0.374 e. The summed E-state index contributed by atoms with van der Waals surface area (Å²) in [6.45, 7) is 4.11. The average Bonchev–Trinajstić information content (AvgIpc) is 2.73. The van der Waals surface area contributed by atoms with Crippen molar-refractivity contribution in [3.8, 4) is 0 Å². The predicted molar refractivity (Wildman–Crippen MR) is 130 cm³/mol. The number of guanidine groups is 1. The van der Waals surface area contributed by atoms with Gasteiger partial charge in [0, 0.05) is 39.2 Å². The molecule has 1 amide bonds. The van der Waals surface area contributed by atoms with E-state index in [1.165, 1.54) is 24.8 Å². The third-order valence-corrected chi connectivity index (χ3v) is 5.09. The van der Waals surface area contributed by atoms with Crippen LogP contribution >= 0.6 is 24.0 Å². The molecule has 0 saturated heterocycles. The monoisotopic (exact) mass is 516 g/mol. The molecule has 3 N–H and O–H groups in total. The lowest BCUT2D eigenvalue weighted by molar-refractivity contribution is -0.121. The van der Waals surface area contributed by atoms with Gasteiger partial charge in [-0.15, -0.1) is 24.0 Å². The largest absolute Gasteiger partial charge is 0.374 e. The number of nitrogens with one attached hydrogen (secondary N) is 3. The lowest BCUT2D eigenvalue weighted by Crippen LogP contribution is -2.41. The molecule has 1 aromatic carbocycles. The number of aliphatic imine (C=N–C) groups is 1. The topological polar surface area (TPSA) is 74.8 Å². The number of carbonyl (C=O) groups excluding carboxylic acids is 1. The normalized spacial score (nSPS) is 15.9. The van der Waals surface area contributed by atoms with Gasteiger partial charge in [-0.25, -0.2) is 0 Å². The first kappa shape index (κ1) is 25.7. The second-order valence-corrected chi connectivity index (χ2v) is 7.36. The molecule has 1 fully saturated rings. The average molecular weight is 516 g/mol. The van der Waals surface area contributed by atoms with Gasteiger partial charge in [-0.1, -0.05) is 49.6 Å². The molecule has 1 atom stereocenters. The Labute approximate surface area is 192 Å². The summed E-state index contributed by atoms with van der Waals surface area (Å²) in [5.41, 5.74) is 1.19. The van der Waals surface area contributed by atoms with Gasteiger partial charge in [0.15, 0.2) is 5.96 Å². The third-order valence-electron chi connectivity index (χ3n) is 5.09. The molecular weight excluding hydrogens is 479 g/mol. The maximum absolute atomic E-state index is 12.0. The first-order valence-electron chi connectivity index (χ1n) is 10.6. The Morgan fingerprint density at radius 1 is 1.14 bits per heavy atom. The zero-order valence-corrected chi connectivity index (χ0v) is 20.1. The van der Waals surface area contributed by atoms with E-state index in [0.717, 1.165) is 31.8 Å². The van der Waals surface area contributed by atoms with Crippen molar-refractivity contribution in [2.45, 2.75) is 64.0 Å². The van der Waals surface area contributed by atoms with E-state index in [0.29, 0.717) is 25.6 Å². The van der Waals surface area contributed by atoms with Crippen LogP contribution in [0, 0.1) is 0 Å². The maximum atomic E-state index is 12.0. The van der Waals surface area contributed by atoms with Crippen molar-refractivity contribution in [1.82, 2.24) is 16.0 Å². The zero-order valence-electron chi connectivity index (χ0n) is 17.8. The molecule has 0 heterocycles. The zero-order chi connectivity index (χ0) is 20.0. The SMILES string of the molecule is CN=C(NCCCOC(C)c1ccccc1)NCCC(=O)NC1CCCCC1.I. The van der Waals surface area contributed by atoms with Gasteiger partial charge < -0.3 is 20.7 Å². The molecule has 0 bridgehead atoms. The van der Waals surface area contributed by atoms with Crippen LogP contribution in [0.25, 0.3) is 0 Å². The van der Waals surface area contributed by atoms with Crippen LogP contribution in [0.5, 0.6) is 0 Å². The molecule has 0 spiro atoms. The lowest BCUT2D eigenvalue weighted by atomic mass is 9.95. The van der Waals surface area contributed by atoms with Crippen molar-refractivity contribution in [3.63, 3.8) is 0 Å². The summed E-state index contributed by atoms with van der Waals surface area (Å²) in [5.74, 6) is 0.847. The highest BCUT2D eigenvalue weighted by molar-refractivity contribution is 14.0. The van der Waals surface area contributed by atoms with Gasteiger partial charge in [0.1, 0.15) is 0 Å². The van der Waals surface area contributed by atoms with Crippen LogP contribution in [0.1, 0.15) is 63.5 Å². The predicted octanol–water partition coefficient (Wildman–Crippen LogP) is 3.78. The maximum Gasteiger partial charge on any atom is 0.221 e. The highest BCUT2D eigenvalue weighted by atomic mass is 127. The van der Waals surface area contributed by atoms with Crippen molar-refractivity contribution in [2.24, 2.45) is 4.99 Å². The van der Waals surface area contributed by atoms with Gasteiger partial charge in [-0.05, 0) is 31.7 Å². The second-order valence-electron chi connectivity index (χ2n) is 7.36. The van der Waals surface area contributed by atoms with Gasteiger partial charge in [-0.2, -0.15) is 0 Å². The van der Waals surface area contributed by atoms with Gasteiger partial charge in [0.05, 0.1) is 6.10 Å². The molecule has 7 heteroatoms. The van der Waals surface area contributed by atoms with Crippen molar-refractivity contribution in [2.75, 3.05) is 26.7 Å². The molecule has 1 unspecified atom stereocenters. The smallest absolute Gasteiger partial charge is 0.221 e. The van der Waals surface area contributed by atoms with Crippen molar-refractivity contribution in [1.29, 1.82) is 0 Å². The Hall–Kier alpha value is -1.35. The number of hydrogen-bond donors (Lipinski definition) is 3. The minimum absolute atomic E-state index is 0. The minimum atomic E-state index is 0. The summed E-state index contributed by atoms with van der Waals surface area (Å²) in [6, 6.07) is 10.6. The number of ether oxygens (including phenoxy) is 1. The quantitative estimate of drug-likeness (QED) is 0.192. The summed E-state index contributed by atoms with van der Waals surface area (Å²) < 4.78 is 5.88. The fraction of sp³-hybridized carbons (Fsp3) is 0.636. The van der Waals surface area contributed by atoms with E-state index in [-0.39, 0.29) is 36.0 Å². The van der Waals surface area contributed by atoms with Crippen LogP contribution in [-0.2, 0) is 9.53 Å². The molecule has 1 saturated carbocycles. The Bertz CT molecular complexity index is 592. The number of hydrogen-bond acceptors (Lipinski definition) is 3. The van der Waals surface area contributed by atoms with Crippen molar-refractivity contribution in [3.05, 3.63) is 35.9 Å². The number of rotatable bonds is 10. The van der Waals surface area contributed by atoms with Crippen molar-refractivity contribution < 1.29 is 9.53 Å². The molecule has 0 radical (unpaired) electrons. The number of benzene rings is 1. The number of nitrogens with zero attached hydrogens (tertiary/aromatic N) is 1. The molecule has 1 aliphatic carbocycles. The fourth-order valence-corrected chi connectivity index (χ4v) is 3.42. The summed E-state index contributed by atoms with van der Waals surface area (Å²) in [7, 11) is 1.74. The van der Waals surface area contributed by atoms with E-state index in [1.807, 2.05) is 18.2 Å². The van der Waals surface area contributed by atoms with E-state index in [2.05, 4.69) is 40.0 Å². The van der Waals surface area contributed by atoms with Crippen LogP contribution in [0.15, 0.2) is 35.3 Å². The van der Waals surface area contributed by atoms with Crippen LogP contribution in [0.4, 0.5) is 0 Å². The third kappa shape index (κ3) is 10.8. The molecule has 29 heavy (non-hydrogen) atoms. The summed E-state index contributed by atoms with van der Waals surface area (Å²) in [4.78, 5) is 16.2. The van der Waals surface area contributed by atoms with Gasteiger partial charge in [-0.3, -0.25) is 9.79 Å². The van der Waals surface area contributed by atoms with Crippen LogP contribution in [0.3, 0.4) is 0 Å². The molecule has 2 rings (SSSR count). The first-order chi connectivity index (χ1) is 13.7. The molecule has 0 aliphatic heterocycles. The van der Waals surface area contributed by atoms with E-state index in [1.54, 1.807) is 7.05 Å². The lowest BCUT2D eigenvalue weighted by Gasteiger charge is -2.22. The standard InChI is InChI=1S/C22H36N4O2.HI/c1-18(19-10-5-3-6-11-19)28-17-9-15-24-22(23-2)25-16-14-21(27)26-20-12-7-4-8-13-20;/h3,5-6,10-11,18,20H,4,7-9,12-17H2,1-2H3,(H,26,27)(H2,23,24,25);1H. The van der Waals surface area contributed by atoms with Gasteiger partial charge in [0.2, 0.25) is 5.91 Å². The Morgan fingerprint density at radius 3 is 2.52 bits per heavy atom. The number of amides is 1. The summed E-state index contributed by atoms with van der Waals surface area (Å²) in [5, 5.41) is 9.60. The van der Waals surface area contributed by atoms with Crippen molar-refractivity contribution >= 4 is 35.8 Å². The number of carbonyl (C=O) groups is 1. The summed E-state index contributed by atoms with van der Waals surface area (Å²) >= 11 is 0. The van der Waals surface area contributed by atoms with Crippen LogP contribution in [0.2, 0.25) is 0 Å². The molecule has 6 nitrogen and oxygen atoms in total. The highest BCUT2D eigenvalue weighted by Gasteiger charge is 2.15. The summed E-state index contributed by atoms with van der Waals surface area (Å²) in [6.07, 6.45) is 7.45. The van der Waals surface area contributed by atoms with E-state index in [4.69, 9.17) is 4.74 Å². The van der Waals surface area contributed by atoms with Gasteiger partial charge in [0.25, 0.3) is 0 Å². The second kappa shape index (κ2) is 15.5. The van der Waals surface area contributed by atoms with Crippen LogP contribution < -0.4 is 16.0 Å². The first-order valence-corrected chi connectivity index (χ1v) is 10.6. The molecule has 1 aromatic rings. The van der Waals surface area contributed by atoms with Gasteiger partial charge >= 0.3 is 0 Å². The fourth-order valence-electron chi connectivity index (χ4n) is 3.42. The van der Waals surface area contributed by atoms with E-state index in [9.17, 15) is 4.79 Å². The molecule has 164 valence electrons. The Balaban J connectivity index is 0.00000420. The number of halogens is 1. The Kier molecular flexibility index (Phi) is 13.7. The molecular formula is C22H37IN4O2. The van der Waals surface area contributed by atoms with Crippen LogP contribution in [-0.4, -0.2) is 44.7 Å². The van der Waals surface area contributed by atoms with E-state index >= 15 is 0 Å². The molecule has 1 aliphatic rings. The Morgan fingerprint density at radius 2 is 1.83 bits per heavy atom.